The number of aromatic nitrogens is 1. The Labute approximate surface area is 147 Å². The lowest BCUT2D eigenvalue weighted by Crippen LogP contribution is -2.40. The third-order valence-electron chi connectivity index (χ3n) is 4.59. The van der Waals surface area contributed by atoms with Gasteiger partial charge in [0.15, 0.2) is 0 Å². The molecule has 0 aliphatic carbocycles. The van der Waals surface area contributed by atoms with E-state index in [1.165, 1.54) is 5.56 Å². The fraction of sp³-hybridized carbons (Fsp3) is 0.444. The number of likely N-dealkylation sites (tertiary alicyclic amines) is 1. The Kier molecular flexibility index (Phi) is 5.48. The molecule has 1 N–H and O–H groups in total. The summed E-state index contributed by atoms with van der Waals surface area (Å²) in [5.41, 5.74) is 4.13. The van der Waals surface area contributed by atoms with Crippen LogP contribution >= 0.6 is 11.3 Å². The number of aryl methyl sites for hydroxylation is 1. The lowest BCUT2D eigenvalue weighted by molar-refractivity contribution is 0.197. The molecule has 3 rings (SSSR count). The Bertz CT molecular complexity index is 673. The Morgan fingerprint density at radius 2 is 2.21 bits per heavy atom. The summed E-state index contributed by atoms with van der Waals surface area (Å²) in [4.78, 5) is 22.0. The first kappa shape index (κ1) is 16.9. The fourth-order valence-electron chi connectivity index (χ4n) is 3.05. The lowest BCUT2D eigenvalue weighted by atomic mass is 10.1. The quantitative estimate of drug-likeness (QED) is 0.907. The summed E-state index contributed by atoms with van der Waals surface area (Å²) in [7, 11) is 2.14. The zero-order valence-corrected chi connectivity index (χ0v) is 15.1. The van der Waals surface area contributed by atoms with E-state index in [-0.39, 0.29) is 6.03 Å². The molecule has 2 amide bonds. The van der Waals surface area contributed by atoms with E-state index in [9.17, 15) is 4.79 Å². The van der Waals surface area contributed by atoms with Gasteiger partial charge in [0, 0.05) is 30.6 Å². The summed E-state index contributed by atoms with van der Waals surface area (Å²) in [6.07, 6.45) is 1.02. The molecule has 24 heavy (non-hydrogen) atoms. The first-order chi connectivity index (χ1) is 11.6. The van der Waals surface area contributed by atoms with E-state index in [4.69, 9.17) is 0 Å². The van der Waals surface area contributed by atoms with Crippen molar-refractivity contribution >= 4 is 17.4 Å². The molecule has 1 atom stereocenters. The highest BCUT2D eigenvalue weighted by molar-refractivity contribution is 7.09. The second kappa shape index (κ2) is 7.77. The van der Waals surface area contributed by atoms with E-state index >= 15 is 0 Å². The van der Waals surface area contributed by atoms with Crippen molar-refractivity contribution in [2.75, 3.05) is 20.1 Å². The molecule has 1 aromatic carbocycles. The maximum absolute atomic E-state index is 12.4. The van der Waals surface area contributed by atoms with Crippen molar-refractivity contribution in [1.29, 1.82) is 0 Å². The molecule has 6 heteroatoms. The predicted octanol–water partition coefficient (Wildman–Crippen LogP) is 2.87. The third-order valence-corrected chi connectivity index (χ3v) is 5.53. The number of thiazole rings is 1. The first-order valence-corrected chi connectivity index (χ1v) is 9.17. The van der Waals surface area contributed by atoms with Crippen LogP contribution in [0, 0.1) is 6.92 Å². The largest absolute Gasteiger partial charge is 0.333 e. The van der Waals surface area contributed by atoms with Crippen LogP contribution in [0.3, 0.4) is 0 Å². The number of nitrogens with one attached hydrogen (secondary N) is 1. The number of likely N-dealkylation sites (N-methyl/N-ethyl adjacent to an activating group) is 1. The highest BCUT2D eigenvalue weighted by atomic mass is 32.1. The van der Waals surface area contributed by atoms with Crippen LogP contribution in [-0.4, -0.2) is 47.0 Å². The van der Waals surface area contributed by atoms with Gasteiger partial charge < -0.3 is 10.2 Å². The van der Waals surface area contributed by atoms with Crippen molar-refractivity contribution in [1.82, 2.24) is 20.1 Å². The molecule has 5 nitrogen and oxygen atoms in total. The van der Waals surface area contributed by atoms with Crippen molar-refractivity contribution in [2.45, 2.75) is 32.5 Å². The van der Waals surface area contributed by atoms with Crippen LogP contribution in [0.2, 0.25) is 0 Å². The van der Waals surface area contributed by atoms with Gasteiger partial charge in [-0.25, -0.2) is 9.78 Å². The van der Waals surface area contributed by atoms with Crippen molar-refractivity contribution in [2.24, 2.45) is 0 Å². The van der Waals surface area contributed by atoms with Gasteiger partial charge in [-0.2, -0.15) is 0 Å². The molecule has 1 aromatic heterocycles. The minimum atomic E-state index is 0.0263. The molecular formula is C18H24N4OS. The molecule has 0 spiro atoms. The van der Waals surface area contributed by atoms with Crippen LogP contribution in [0.5, 0.6) is 0 Å². The van der Waals surface area contributed by atoms with Gasteiger partial charge in [-0.05, 0) is 26.0 Å². The summed E-state index contributed by atoms with van der Waals surface area (Å²) >= 11 is 1.59. The second-order valence-corrected chi connectivity index (χ2v) is 7.25. The summed E-state index contributed by atoms with van der Waals surface area (Å²) in [6, 6.07) is 10.9. The van der Waals surface area contributed by atoms with Crippen molar-refractivity contribution < 1.29 is 4.79 Å². The van der Waals surface area contributed by atoms with Crippen molar-refractivity contribution in [3.05, 3.63) is 52.0 Å². The molecule has 0 radical (unpaired) electrons. The molecule has 1 unspecified atom stereocenters. The zero-order valence-electron chi connectivity index (χ0n) is 14.2. The van der Waals surface area contributed by atoms with Gasteiger partial charge >= 0.3 is 6.03 Å². The Balaban J connectivity index is 1.47. The molecule has 1 fully saturated rings. The number of urea groups is 1. The number of amides is 2. The van der Waals surface area contributed by atoms with Gasteiger partial charge in [-0.1, -0.05) is 30.3 Å². The van der Waals surface area contributed by atoms with Crippen LogP contribution in [-0.2, 0) is 13.1 Å². The second-order valence-electron chi connectivity index (χ2n) is 6.31. The zero-order chi connectivity index (χ0) is 16.9. The standard InChI is InChI=1S/C18H24N4OS/c1-14-17(24-13-20-14)10-19-18(23)22-9-8-16(12-22)21(2)11-15-6-4-3-5-7-15/h3-7,13,16H,8-12H2,1-2H3,(H,19,23). The summed E-state index contributed by atoms with van der Waals surface area (Å²) in [6.45, 7) is 5.06. The molecule has 1 aliphatic rings. The summed E-state index contributed by atoms with van der Waals surface area (Å²) in [5.74, 6) is 0. The van der Waals surface area contributed by atoms with E-state index in [2.05, 4.69) is 46.5 Å². The van der Waals surface area contributed by atoms with Crippen LogP contribution < -0.4 is 5.32 Å². The number of hydrogen-bond donors (Lipinski definition) is 1. The van der Waals surface area contributed by atoms with E-state index in [0.29, 0.717) is 12.6 Å². The molecule has 128 valence electrons. The number of nitrogens with zero attached hydrogens (tertiary/aromatic N) is 3. The normalized spacial score (nSPS) is 17.5. The van der Waals surface area contributed by atoms with E-state index in [1.807, 2.05) is 23.4 Å². The topological polar surface area (TPSA) is 48.5 Å². The monoisotopic (exact) mass is 344 g/mol. The van der Waals surface area contributed by atoms with Crippen LogP contribution in [0.1, 0.15) is 22.6 Å². The lowest BCUT2D eigenvalue weighted by Gasteiger charge is -2.24. The number of hydrogen-bond acceptors (Lipinski definition) is 4. The van der Waals surface area contributed by atoms with Gasteiger partial charge in [-0.15, -0.1) is 11.3 Å². The molecule has 0 bridgehead atoms. The van der Waals surface area contributed by atoms with Crippen LogP contribution in [0.15, 0.2) is 35.8 Å². The molecule has 1 saturated heterocycles. The maximum Gasteiger partial charge on any atom is 0.317 e. The minimum Gasteiger partial charge on any atom is -0.333 e. The van der Waals surface area contributed by atoms with Gasteiger partial charge in [0.05, 0.1) is 17.7 Å². The number of carbonyl (C=O) groups excluding carboxylic acids is 1. The summed E-state index contributed by atoms with van der Waals surface area (Å²) < 4.78 is 0. The highest BCUT2D eigenvalue weighted by Crippen LogP contribution is 2.17. The Morgan fingerprint density at radius 3 is 2.92 bits per heavy atom. The minimum absolute atomic E-state index is 0.0263. The van der Waals surface area contributed by atoms with Crippen molar-refractivity contribution in [3.8, 4) is 0 Å². The van der Waals surface area contributed by atoms with Gasteiger partial charge in [0.2, 0.25) is 0 Å². The molecule has 0 saturated carbocycles. The Hall–Kier alpha value is -1.92. The highest BCUT2D eigenvalue weighted by Gasteiger charge is 2.28. The first-order valence-electron chi connectivity index (χ1n) is 8.29. The van der Waals surface area contributed by atoms with Gasteiger partial charge in [0.1, 0.15) is 0 Å². The molecule has 2 aromatic rings. The molecule has 2 heterocycles. The SMILES string of the molecule is Cc1ncsc1CNC(=O)N1CCC(N(C)Cc2ccccc2)C1. The number of benzene rings is 1. The van der Waals surface area contributed by atoms with Crippen molar-refractivity contribution in [3.63, 3.8) is 0 Å². The van der Waals surface area contributed by atoms with Crippen LogP contribution in [0.4, 0.5) is 4.79 Å². The number of rotatable bonds is 5. The average Bonchev–Trinajstić information content (AvgIpc) is 3.23. The number of carbonyl (C=O) groups is 1. The van der Waals surface area contributed by atoms with Gasteiger partial charge in [-0.3, -0.25) is 4.90 Å². The molecular weight excluding hydrogens is 320 g/mol. The average molecular weight is 344 g/mol. The third kappa shape index (κ3) is 4.13. The van der Waals surface area contributed by atoms with E-state index in [1.54, 1.807) is 11.3 Å². The van der Waals surface area contributed by atoms with E-state index in [0.717, 1.165) is 36.6 Å². The summed E-state index contributed by atoms with van der Waals surface area (Å²) in [5, 5.41) is 3.02. The maximum atomic E-state index is 12.4. The fourth-order valence-corrected chi connectivity index (χ4v) is 3.77. The van der Waals surface area contributed by atoms with E-state index < -0.39 is 0 Å². The molecule has 1 aliphatic heterocycles. The smallest absolute Gasteiger partial charge is 0.317 e. The van der Waals surface area contributed by atoms with Crippen LogP contribution in [0.25, 0.3) is 0 Å². The van der Waals surface area contributed by atoms with Gasteiger partial charge in [0.25, 0.3) is 0 Å². The predicted molar refractivity (Wildman–Crippen MR) is 97.0 cm³/mol. The Morgan fingerprint density at radius 1 is 1.42 bits per heavy atom.